The number of allylic oxidation sites excluding steroid dienone is 1. The molecule has 0 spiro atoms. The van der Waals surface area contributed by atoms with Crippen LogP contribution in [0.4, 0.5) is 0 Å². The molecule has 0 aliphatic rings. The highest BCUT2D eigenvalue weighted by atomic mass is 15.1. The van der Waals surface area contributed by atoms with Crippen molar-refractivity contribution in [3.63, 3.8) is 0 Å². The highest BCUT2D eigenvalue weighted by Crippen LogP contribution is 2.14. The van der Waals surface area contributed by atoms with Crippen LogP contribution in [0, 0.1) is 0 Å². The first-order chi connectivity index (χ1) is 7.67. The second-order valence-corrected chi connectivity index (χ2v) is 4.06. The van der Waals surface area contributed by atoms with Crippen molar-refractivity contribution in [3.8, 4) is 0 Å². The molecule has 0 bridgehead atoms. The summed E-state index contributed by atoms with van der Waals surface area (Å²) in [5, 5.41) is 0. The molecule has 2 heteroatoms. The summed E-state index contributed by atoms with van der Waals surface area (Å²) in [5.41, 5.74) is 3.38. The van der Waals surface area contributed by atoms with Crippen LogP contribution in [0.15, 0.2) is 24.9 Å². The van der Waals surface area contributed by atoms with Gasteiger partial charge >= 0.3 is 0 Å². The molecule has 16 heavy (non-hydrogen) atoms. The van der Waals surface area contributed by atoms with Crippen LogP contribution in [0.2, 0.25) is 0 Å². The topological polar surface area (TPSA) is 16.1 Å². The van der Waals surface area contributed by atoms with Gasteiger partial charge in [0.25, 0.3) is 0 Å². The second kappa shape index (κ2) is 6.23. The van der Waals surface area contributed by atoms with E-state index in [0.717, 1.165) is 24.2 Å². The first-order valence-corrected chi connectivity index (χ1v) is 5.60. The number of aromatic nitrogens is 1. The molecule has 1 aromatic heterocycles. The van der Waals surface area contributed by atoms with E-state index in [1.54, 1.807) is 0 Å². The third-order valence-electron chi connectivity index (χ3n) is 2.26. The van der Waals surface area contributed by atoms with Crippen molar-refractivity contribution in [2.24, 2.45) is 0 Å². The molecular formula is C14H20N2. The van der Waals surface area contributed by atoms with E-state index in [-0.39, 0.29) is 0 Å². The molecule has 0 aliphatic heterocycles. The lowest BCUT2D eigenvalue weighted by Crippen LogP contribution is -2.12. The molecule has 0 saturated carbocycles. The molecule has 0 fully saturated rings. The Hall–Kier alpha value is -1.41. The fourth-order valence-corrected chi connectivity index (χ4v) is 1.50. The number of hydrogen-bond donors (Lipinski definition) is 0. The van der Waals surface area contributed by atoms with Crippen LogP contribution in [-0.4, -0.2) is 24.0 Å². The molecule has 1 rings (SSSR count). The maximum Gasteiger partial charge on any atom is 0.0550 e. The Kier molecular flexibility index (Phi) is 4.93. The summed E-state index contributed by atoms with van der Waals surface area (Å²) < 4.78 is 0. The fraction of sp³-hybridized carbons (Fsp3) is 0.357. The smallest absolute Gasteiger partial charge is 0.0550 e. The number of hydrogen-bond acceptors (Lipinski definition) is 2. The van der Waals surface area contributed by atoms with Crippen molar-refractivity contribution in [2.75, 3.05) is 14.1 Å². The number of pyridine rings is 1. The molecule has 0 atom stereocenters. The SMILES string of the molecule is C=Cc1cnc(CN(C)C)cc1/C=C\CC. The van der Waals surface area contributed by atoms with E-state index < -0.39 is 0 Å². The van der Waals surface area contributed by atoms with E-state index in [9.17, 15) is 0 Å². The van der Waals surface area contributed by atoms with Crippen molar-refractivity contribution in [1.82, 2.24) is 9.88 Å². The van der Waals surface area contributed by atoms with E-state index in [2.05, 4.69) is 41.6 Å². The first-order valence-electron chi connectivity index (χ1n) is 5.60. The van der Waals surface area contributed by atoms with Gasteiger partial charge in [-0.05, 0) is 37.7 Å². The molecule has 0 aliphatic carbocycles. The van der Waals surface area contributed by atoms with Gasteiger partial charge < -0.3 is 4.90 Å². The van der Waals surface area contributed by atoms with Crippen molar-refractivity contribution in [1.29, 1.82) is 0 Å². The third-order valence-corrected chi connectivity index (χ3v) is 2.26. The predicted octanol–water partition coefficient (Wildman–Crippen LogP) is 3.21. The van der Waals surface area contributed by atoms with Crippen molar-refractivity contribution in [3.05, 3.63) is 41.7 Å². The summed E-state index contributed by atoms with van der Waals surface area (Å²) in [6.45, 7) is 6.80. The highest BCUT2D eigenvalue weighted by molar-refractivity contribution is 5.63. The van der Waals surface area contributed by atoms with Gasteiger partial charge in [0.2, 0.25) is 0 Å². The van der Waals surface area contributed by atoms with E-state index in [4.69, 9.17) is 0 Å². The summed E-state index contributed by atoms with van der Waals surface area (Å²) in [4.78, 5) is 6.53. The summed E-state index contributed by atoms with van der Waals surface area (Å²) in [6, 6.07) is 2.13. The fourth-order valence-electron chi connectivity index (χ4n) is 1.50. The Morgan fingerprint density at radius 3 is 2.69 bits per heavy atom. The minimum Gasteiger partial charge on any atom is -0.304 e. The van der Waals surface area contributed by atoms with Crippen LogP contribution < -0.4 is 0 Å². The second-order valence-electron chi connectivity index (χ2n) is 4.06. The molecule has 1 heterocycles. The summed E-state index contributed by atoms with van der Waals surface area (Å²) in [5.74, 6) is 0. The van der Waals surface area contributed by atoms with Gasteiger partial charge in [0.1, 0.15) is 0 Å². The molecule has 2 nitrogen and oxygen atoms in total. The quantitative estimate of drug-likeness (QED) is 0.751. The zero-order chi connectivity index (χ0) is 12.0. The largest absolute Gasteiger partial charge is 0.304 e. The summed E-state index contributed by atoms with van der Waals surface area (Å²) in [7, 11) is 4.09. The van der Waals surface area contributed by atoms with Gasteiger partial charge in [-0.15, -0.1) is 0 Å². The number of nitrogens with zero attached hydrogens (tertiary/aromatic N) is 2. The van der Waals surface area contributed by atoms with Gasteiger partial charge in [0.15, 0.2) is 0 Å². The lowest BCUT2D eigenvalue weighted by atomic mass is 10.1. The molecule has 0 aromatic carbocycles. The molecule has 0 radical (unpaired) electrons. The van der Waals surface area contributed by atoms with Crippen molar-refractivity contribution in [2.45, 2.75) is 19.9 Å². The Labute approximate surface area is 98.3 Å². The normalized spacial score (nSPS) is 11.2. The average Bonchev–Trinajstić information content (AvgIpc) is 2.25. The van der Waals surface area contributed by atoms with Gasteiger partial charge in [-0.3, -0.25) is 4.98 Å². The van der Waals surface area contributed by atoms with Gasteiger partial charge in [0.05, 0.1) is 5.69 Å². The molecular weight excluding hydrogens is 196 g/mol. The maximum atomic E-state index is 4.41. The lowest BCUT2D eigenvalue weighted by molar-refractivity contribution is 0.397. The highest BCUT2D eigenvalue weighted by Gasteiger charge is 2.01. The molecule has 1 aromatic rings. The molecule has 0 N–H and O–H groups in total. The van der Waals surface area contributed by atoms with Crippen LogP contribution in [-0.2, 0) is 6.54 Å². The molecule has 86 valence electrons. The molecule has 0 unspecified atom stereocenters. The lowest BCUT2D eigenvalue weighted by Gasteiger charge is -2.10. The van der Waals surface area contributed by atoms with Crippen LogP contribution in [0.1, 0.15) is 30.2 Å². The van der Waals surface area contributed by atoms with E-state index in [0.29, 0.717) is 0 Å². The minimum absolute atomic E-state index is 0.865. The van der Waals surface area contributed by atoms with Crippen molar-refractivity contribution >= 4 is 12.2 Å². The van der Waals surface area contributed by atoms with Crippen LogP contribution >= 0.6 is 0 Å². The van der Waals surface area contributed by atoms with Gasteiger partial charge in [-0.2, -0.15) is 0 Å². The van der Waals surface area contributed by atoms with Crippen molar-refractivity contribution < 1.29 is 0 Å². The number of rotatable bonds is 5. The first kappa shape index (κ1) is 12.7. The summed E-state index contributed by atoms with van der Waals surface area (Å²) in [6.07, 6.45) is 9.07. The van der Waals surface area contributed by atoms with Crippen LogP contribution in [0.3, 0.4) is 0 Å². The standard InChI is InChI=1S/C14H20N2/c1-5-7-8-13-9-14(11-16(3)4)15-10-12(13)6-2/h6-10H,2,5,11H2,1,3-4H3/b8-7-. The summed E-state index contributed by atoms with van der Waals surface area (Å²) >= 11 is 0. The zero-order valence-corrected chi connectivity index (χ0v) is 10.4. The van der Waals surface area contributed by atoms with Crippen LogP contribution in [0.5, 0.6) is 0 Å². The van der Waals surface area contributed by atoms with E-state index in [1.165, 1.54) is 5.56 Å². The maximum absolute atomic E-state index is 4.41. The predicted molar refractivity (Wildman–Crippen MR) is 71.0 cm³/mol. The zero-order valence-electron chi connectivity index (χ0n) is 10.4. The Bertz CT molecular complexity index is 378. The third kappa shape index (κ3) is 3.63. The minimum atomic E-state index is 0.865. The van der Waals surface area contributed by atoms with Gasteiger partial charge in [-0.1, -0.05) is 31.7 Å². The van der Waals surface area contributed by atoms with E-state index >= 15 is 0 Å². The Balaban J connectivity index is 3.00. The average molecular weight is 216 g/mol. The monoisotopic (exact) mass is 216 g/mol. The van der Waals surface area contributed by atoms with E-state index in [1.807, 2.05) is 26.4 Å². The molecule has 0 amide bonds. The van der Waals surface area contributed by atoms with Gasteiger partial charge in [0, 0.05) is 12.7 Å². The van der Waals surface area contributed by atoms with Gasteiger partial charge in [-0.25, -0.2) is 0 Å². The van der Waals surface area contributed by atoms with Crippen LogP contribution in [0.25, 0.3) is 12.2 Å². The Morgan fingerprint density at radius 2 is 2.12 bits per heavy atom. The Morgan fingerprint density at radius 1 is 1.38 bits per heavy atom. The molecule has 0 saturated heterocycles.